The first kappa shape index (κ1) is 16.2. The van der Waals surface area contributed by atoms with Gasteiger partial charge in [0, 0.05) is 23.7 Å². The zero-order valence-electron chi connectivity index (χ0n) is 12.0. The maximum Gasteiger partial charge on any atom is 0.314 e. The zero-order valence-corrected chi connectivity index (χ0v) is 12.8. The van der Waals surface area contributed by atoms with Crippen molar-refractivity contribution >= 4 is 23.6 Å². The van der Waals surface area contributed by atoms with E-state index in [4.69, 9.17) is 22.1 Å². The van der Waals surface area contributed by atoms with Gasteiger partial charge in [-0.25, -0.2) is 4.79 Å². The van der Waals surface area contributed by atoms with Gasteiger partial charge in [-0.05, 0) is 37.1 Å². The molecule has 0 radical (unpaired) electrons. The van der Waals surface area contributed by atoms with E-state index in [-0.39, 0.29) is 18.5 Å². The second-order valence-electron chi connectivity index (χ2n) is 5.04. The molecule has 0 aromatic heterocycles. The smallest absolute Gasteiger partial charge is 0.314 e. The van der Waals surface area contributed by atoms with Gasteiger partial charge < -0.3 is 15.4 Å². The van der Waals surface area contributed by atoms with Gasteiger partial charge >= 0.3 is 12.0 Å². The van der Waals surface area contributed by atoms with Crippen LogP contribution in [-0.4, -0.2) is 36.6 Å². The average Bonchev–Trinajstić information content (AvgIpc) is 2.53. The summed E-state index contributed by atoms with van der Waals surface area (Å²) >= 11 is 5.78. The predicted molar refractivity (Wildman–Crippen MR) is 83.2 cm³/mol. The highest BCUT2D eigenvalue weighted by Gasteiger charge is 2.28. The molecule has 1 aliphatic heterocycles. The topological polar surface area (TPSA) is 72.6 Å². The van der Waals surface area contributed by atoms with Crippen LogP contribution >= 0.6 is 11.6 Å². The Morgan fingerprint density at radius 3 is 2.77 bits per heavy atom. The number of amides is 2. The van der Waals surface area contributed by atoms with Gasteiger partial charge in [0.25, 0.3) is 0 Å². The number of piperidine rings is 1. The number of nitrogens with two attached hydrogens (primary N) is 1. The fourth-order valence-corrected chi connectivity index (χ4v) is 2.39. The Balaban J connectivity index is 1.80. The third-order valence-corrected chi connectivity index (χ3v) is 3.68. The third kappa shape index (κ3) is 4.68. The van der Waals surface area contributed by atoms with Crippen LogP contribution in [0.1, 0.15) is 18.4 Å². The summed E-state index contributed by atoms with van der Waals surface area (Å²) in [5.74, 6) is 5.01. The monoisotopic (exact) mass is 320 g/mol. The number of hydrogen-bond acceptors (Lipinski definition) is 3. The Kier molecular flexibility index (Phi) is 5.68. The normalized spacial score (nSPS) is 17.3. The maximum absolute atomic E-state index is 11.9. The van der Waals surface area contributed by atoms with Gasteiger partial charge in [0.05, 0.1) is 5.92 Å². The summed E-state index contributed by atoms with van der Waals surface area (Å²) in [6.07, 6.45) is 1.45. The molecule has 1 aliphatic rings. The fraction of sp³-hybridized carbons (Fsp3) is 0.375. The first-order valence-corrected chi connectivity index (χ1v) is 7.39. The van der Waals surface area contributed by atoms with Gasteiger partial charge in [-0.15, -0.1) is 0 Å². The summed E-state index contributed by atoms with van der Waals surface area (Å²) in [4.78, 5) is 24.5. The van der Waals surface area contributed by atoms with Crippen LogP contribution in [-0.2, 0) is 9.53 Å². The van der Waals surface area contributed by atoms with Crippen LogP contribution < -0.4 is 5.73 Å². The number of carbonyl (C=O) groups excluding carboxylic acids is 2. The van der Waals surface area contributed by atoms with Gasteiger partial charge in [0.2, 0.25) is 0 Å². The molecule has 0 saturated carbocycles. The van der Waals surface area contributed by atoms with Gasteiger partial charge in [-0.2, -0.15) is 0 Å². The largest absolute Gasteiger partial charge is 0.452 e. The van der Waals surface area contributed by atoms with Gasteiger partial charge in [-0.1, -0.05) is 23.4 Å². The maximum atomic E-state index is 11.9. The number of esters is 1. The number of halogens is 1. The molecule has 0 spiro atoms. The van der Waals surface area contributed by atoms with Crippen LogP contribution in [0.25, 0.3) is 0 Å². The molecule has 116 valence electrons. The molecule has 1 aromatic carbocycles. The molecule has 1 aromatic rings. The lowest BCUT2D eigenvalue weighted by Crippen LogP contribution is -2.45. The summed E-state index contributed by atoms with van der Waals surface area (Å²) in [6, 6.07) is 6.59. The van der Waals surface area contributed by atoms with Crippen molar-refractivity contribution in [3.63, 3.8) is 0 Å². The van der Waals surface area contributed by atoms with E-state index in [0.29, 0.717) is 24.5 Å². The van der Waals surface area contributed by atoms with Crippen LogP contribution in [0.4, 0.5) is 4.79 Å². The molecule has 1 saturated heterocycles. The molecule has 0 bridgehead atoms. The lowest BCUT2D eigenvalue weighted by Gasteiger charge is -2.29. The quantitative estimate of drug-likeness (QED) is 0.669. The Labute approximate surface area is 134 Å². The van der Waals surface area contributed by atoms with Crippen molar-refractivity contribution in [1.29, 1.82) is 0 Å². The first-order valence-electron chi connectivity index (χ1n) is 7.01. The summed E-state index contributed by atoms with van der Waals surface area (Å²) in [5.41, 5.74) is 6.03. The second-order valence-corrected chi connectivity index (χ2v) is 5.48. The van der Waals surface area contributed by atoms with Crippen LogP contribution in [0, 0.1) is 17.8 Å². The van der Waals surface area contributed by atoms with E-state index in [1.165, 1.54) is 4.90 Å². The van der Waals surface area contributed by atoms with Crippen molar-refractivity contribution in [1.82, 2.24) is 4.90 Å². The Morgan fingerprint density at radius 2 is 2.09 bits per heavy atom. The Bertz CT molecular complexity index is 604. The first-order chi connectivity index (χ1) is 10.6. The number of likely N-dealkylation sites (tertiary alicyclic amines) is 1. The molecule has 2 amide bonds. The molecule has 1 fully saturated rings. The molecular formula is C16H17ClN2O3. The number of nitrogens with zero attached hydrogens (tertiary/aromatic N) is 1. The van der Waals surface area contributed by atoms with E-state index in [0.717, 1.165) is 12.0 Å². The minimum atomic E-state index is -0.500. The molecule has 6 heteroatoms. The van der Waals surface area contributed by atoms with Crippen LogP contribution in [0.3, 0.4) is 0 Å². The van der Waals surface area contributed by atoms with Crippen LogP contribution in [0.2, 0.25) is 5.02 Å². The van der Waals surface area contributed by atoms with Crippen molar-refractivity contribution < 1.29 is 14.3 Å². The van der Waals surface area contributed by atoms with Gasteiger partial charge in [0.15, 0.2) is 6.61 Å². The Morgan fingerprint density at radius 1 is 1.36 bits per heavy atom. The molecule has 1 atom stereocenters. The molecular weight excluding hydrogens is 304 g/mol. The van der Waals surface area contributed by atoms with Crippen molar-refractivity contribution in [2.75, 3.05) is 19.7 Å². The molecule has 22 heavy (non-hydrogen) atoms. The van der Waals surface area contributed by atoms with E-state index in [2.05, 4.69) is 11.8 Å². The predicted octanol–water partition coefficient (Wildman–Crippen LogP) is 2.03. The highest BCUT2D eigenvalue weighted by atomic mass is 35.5. The zero-order chi connectivity index (χ0) is 15.9. The number of rotatable bonds is 2. The van der Waals surface area contributed by atoms with E-state index in [1.807, 2.05) is 0 Å². The Hall–Kier alpha value is -2.19. The fourth-order valence-electron chi connectivity index (χ4n) is 2.27. The van der Waals surface area contributed by atoms with E-state index >= 15 is 0 Å². The number of benzene rings is 1. The van der Waals surface area contributed by atoms with Crippen LogP contribution in [0.15, 0.2) is 24.3 Å². The third-order valence-electron chi connectivity index (χ3n) is 3.43. The standard InChI is InChI=1S/C16H17ClN2O3/c17-14-7-5-12(6-8-14)3-2-10-22-15(20)13-4-1-9-19(11-13)16(18)21/h5-8,13H,1,4,9-11H2,(H2,18,21)/t13-/m1/s1. The highest BCUT2D eigenvalue weighted by molar-refractivity contribution is 6.30. The number of urea groups is 1. The molecule has 0 unspecified atom stereocenters. The molecule has 1 heterocycles. The van der Waals surface area contributed by atoms with Crippen molar-refractivity contribution in [3.05, 3.63) is 34.9 Å². The van der Waals surface area contributed by atoms with Crippen molar-refractivity contribution in [3.8, 4) is 11.8 Å². The summed E-state index contributed by atoms with van der Waals surface area (Å²) in [5, 5.41) is 0.647. The molecule has 2 N–H and O–H groups in total. The minimum Gasteiger partial charge on any atom is -0.452 e. The SMILES string of the molecule is NC(=O)N1CCC[C@@H](C(=O)OCC#Cc2ccc(Cl)cc2)C1. The summed E-state index contributed by atoms with van der Waals surface area (Å²) in [6.45, 7) is 0.933. The van der Waals surface area contributed by atoms with Crippen molar-refractivity contribution in [2.45, 2.75) is 12.8 Å². The van der Waals surface area contributed by atoms with E-state index in [1.54, 1.807) is 24.3 Å². The number of ether oxygens (including phenoxy) is 1. The van der Waals surface area contributed by atoms with Gasteiger partial charge in [-0.3, -0.25) is 4.79 Å². The highest BCUT2D eigenvalue weighted by Crippen LogP contribution is 2.17. The summed E-state index contributed by atoms with van der Waals surface area (Å²) < 4.78 is 5.14. The lowest BCUT2D eigenvalue weighted by atomic mass is 9.98. The number of primary amides is 1. The number of hydrogen-bond donors (Lipinski definition) is 1. The molecule has 0 aliphatic carbocycles. The second kappa shape index (κ2) is 7.71. The minimum absolute atomic E-state index is 0.0224. The van der Waals surface area contributed by atoms with Crippen LogP contribution in [0.5, 0.6) is 0 Å². The molecule has 5 nitrogen and oxygen atoms in total. The van der Waals surface area contributed by atoms with E-state index < -0.39 is 6.03 Å². The van der Waals surface area contributed by atoms with Gasteiger partial charge in [0.1, 0.15) is 0 Å². The lowest BCUT2D eigenvalue weighted by molar-refractivity contribution is -0.148. The van der Waals surface area contributed by atoms with Crippen molar-refractivity contribution in [2.24, 2.45) is 11.7 Å². The summed E-state index contributed by atoms with van der Waals surface area (Å²) in [7, 11) is 0. The molecule has 2 rings (SSSR count). The number of carbonyl (C=O) groups is 2. The van der Waals surface area contributed by atoms with E-state index in [9.17, 15) is 9.59 Å². The average molecular weight is 321 g/mol.